The Morgan fingerprint density at radius 1 is 1.27 bits per heavy atom. The maximum Gasteiger partial charge on any atom is 0.123 e. The summed E-state index contributed by atoms with van der Waals surface area (Å²) < 4.78 is 17.7. The van der Waals surface area contributed by atoms with Crippen LogP contribution in [0.2, 0.25) is 0 Å². The smallest absolute Gasteiger partial charge is 0.123 e. The monoisotopic (exact) mass is 335 g/mol. The molecule has 2 aromatic rings. The van der Waals surface area contributed by atoms with E-state index >= 15 is 0 Å². The molecule has 3 nitrogen and oxygen atoms in total. The molecule has 1 aromatic carbocycles. The third-order valence-corrected chi connectivity index (χ3v) is 6.73. The molecule has 1 aliphatic rings. The van der Waals surface area contributed by atoms with Gasteiger partial charge in [-0.15, -0.1) is 11.3 Å². The van der Waals surface area contributed by atoms with Crippen LogP contribution in [-0.2, 0) is 27.7 Å². The van der Waals surface area contributed by atoms with Gasteiger partial charge in [0.1, 0.15) is 5.01 Å². The van der Waals surface area contributed by atoms with Gasteiger partial charge in [-0.1, -0.05) is 31.2 Å². The minimum atomic E-state index is -0.841. The average molecular weight is 335 g/mol. The van der Waals surface area contributed by atoms with Gasteiger partial charge in [-0.2, -0.15) is 0 Å². The van der Waals surface area contributed by atoms with E-state index in [-0.39, 0.29) is 5.25 Å². The number of rotatable bonds is 5. The molecule has 1 unspecified atom stereocenters. The first kappa shape index (κ1) is 15.8. The van der Waals surface area contributed by atoms with Crippen molar-refractivity contribution in [2.24, 2.45) is 0 Å². The lowest BCUT2D eigenvalue weighted by Gasteiger charge is -2.20. The summed E-state index contributed by atoms with van der Waals surface area (Å²) in [5.41, 5.74) is 3.43. The van der Waals surface area contributed by atoms with Crippen molar-refractivity contribution in [3.05, 3.63) is 40.9 Å². The zero-order chi connectivity index (χ0) is 15.4. The molecule has 0 radical (unpaired) electrons. The fraction of sp³-hybridized carbons (Fsp3) is 0.471. The molecule has 1 aliphatic heterocycles. The van der Waals surface area contributed by atoms with Crippen LogP contribution < -0.4 is 0 Å². The molecule has 1 fully saturated rings. The molecule has 0 bridgehead atoms. The van der Waals surface area contributed by atoms with E-state index in [1.54, 1.807) is 11.3 Å². The second-order valence-corrected chi connectivity index (χ2v) is 8.11. The zero-order valence-corrected chi connectivity index (χ0v) is 14.4. The predicted octanol–water partition coefficient (Wildman–Crippen LogP) is 3.80. The fourth-order valence-corrected chi connectivity index (χ4v) is 4.92. The molecule has 1 atom stereocenters. The average Bonchev–Trinajstić information content (AvgIpc) is 3.04. The second-order valence-electron chi connectivity index (χ2n) is 5.53. The van der Waals surface area contributed by atoms with Gasteiger partial charge in [0.05, 0.1) is 11.4 Å². The molecule has 2 heterocycles. The lowest BCUT2D eigenvalue weighted by Crippen LogP contribution is -2.25. The first-order valence-corrected chi connectivity index (χ1v) is 10.0. The Balaban J connectivity index is 1.66. The van der Waals surface area contributed by atoms with Crippen molar-refractivity contribution in [3.8, 4) is 10.6 Å². The summed E-state index contributed by atoms with van der Waals surface area (Å²) in [4.78, 5) is 4.67. The fourth-order valence-electron chi connectivity index (χ4n) is 2.59. The molecule has 22 heavy (non-hydrogen) atoms. The number of ether oxygens (including phenoxy) is 1. The van der Waals surface area contributed by atoms with Crippen LogP contribution in [0.1, 0.15) is 31.0 Å². The number of aromatic nitrogens is 1. The number of benzene rings is 1. The van der Waals surface area contributed by atoms with Gasteiger partial charge in [-0.05, 0) is 24.8 Å². The van der Waals surface area contributed by atoms with Crippen molar-refractivity contribution in [2.75, 3.05) is 13.2 Å². The lowest BCUT2D eigenvalue weighted by atomic mass is 10.1. The topological polar surface area (TPSA) is 39.2 Å². The van der Waals surface area contributed by atoms with E-state index in [1.807, 2.05) is 5.38 Å². The van der Waals surface area contributed by atoms with Crippen molar-refractivity contribution in [3.63, 3.8) is 0 Å². The van der Waals surface area contributed by atoms with E-state index in [2.05, 4.69) is 36.2 Å². The number of hydrogen-bond donors (Lipinski definition) is 0. The molecule has 1 saturated heterocycles. The van der Waals surface area contributed by atoms with E-state index in [0.717, 1.165) is 48.7 Å². The Labute approximate surface area is 138 Å². The maximum atomic E-state index is 12.4. The molecule has 5 heteroatoms. The summed E-state index contributed by atoms with van der Waals surface area (Å²) in [5, 5.41) is 3.32. The summed E-state index contributed by atoms with van der Waals surface area (Å²) in [6, 6.07) is 8.54. The van der Waals surface area contributed by atoms with Crippen LogP contribution in [0.15, 0.2) is 29.6 Å². The van der Waals surface area contributed by atoms with E-state index in [9.17, 15) is 4.21 Å². The van der Waals surface area contributed by atoms with Gasteiger partial charge in [0.2, 0.25) is 0 Å². The van der Waals surface area contributed by atoms with Crippen LogP contribution in [0, 0.1) is 0 Å². The Bertz CT molecular complexity index is 630. The third-order valence-electron chi connectivity index (χ3n) is 3.99. The molecule has 3 rings (SSSR count). The highest BCUT2D eigenvalue weighted by Gasteiger charge is 2.21. The van der Waals surface area contributed by atoms with Crippen molar-refractivity contribution in [2.45, 2.75) is 37.2 Å². The first-order chi connectivity index (χ1) is 10.8. The van der Waals surface area contributed by atoms with Gasteiger partial charge in [-0.25, -0.2) is 4.98 Å². The number of hydrogen-bond acceptors (Lipinski definition) is 4. The largest absolute Gasteiger partial charge is 0.381 e. The first-order valence-electron chi connectivity index (χ1n) is 7.75. The van der Waals surface area contributed by atoms with Crippen molar-refractivity contribution < 1.29 is 8.95 Å². The number of nitrogens with zero attached hydrogens (tertiary/aromatic N) is 1. The quantitative estimate of drug-likeness (QED) is 0.834. The Hall–Kier alpha value is -1.04. The van der Waals surface area contributed by atoms with Crippen LogP contribution in [-0.4, -0.2) is 27.7 Å². The normalized spacial score (nSPS) is 17.5. The Morgan fingerprint density at radius 2 is 2.00 bits per heavy atom. The summed E-state index contributed by atoms with van der Waals surface area (Å²) in [6.07, 6.45) is 2.86. The molecule has 0 N–H and O–H groups in total. The van der Waals surface area contributed by atoms with Crippen molar-refractivity contribution in [1.29, 1.82) is 0 Å². The predicted molar refractivity (Wildman–Crippen MR) is 92.6 cm³/mol. The lowest BCUT2D eigenvalue weighted by molar-refractivity contribution is 0.0992. The van der Waals surface area contributed by atoms with Crippen LogP contribution in [0.5, 0.6) is 0 Å². The highest BCUT2D eigenvalue weighted by atomic mass is 32.2. The summed E-state index contributed by atoms with van der Waals surface area (Å²) >= 11 is 1.63. The molecular weight excluding hydrogens is 314 g/mol. The van der Waals surface area contributed by atoms with E-state index in [1.165, 1.54) is 5.56 Å². The van der Waals surface area contributed by atoms with Gasteiger partial charge >= 0.3 is 0 Å². The van der Waals surface area contributed by atoms with Gasteiger partial charge in [-0.3, -0.25) is 4.21 Å². The Morgan fingerprint density at radius 3 is 2.68 bits per heavy atom. The van der Waals surface area contributed by atoms with Gasteiger partial charge in [0.25, 0.3) is 0 Å². The van der Waals surface area contributed by atoms with Crippen molar-refractivity contribution in [1.82, 2.24) is 4.98 Å². The standard InChI is InChI=1S/C17H21NO2S2/c1-2-13-3-5-14(6-4-13)17-18-15(11-21-17)12-22(19)16-7-9-20-10-8-16/h3-6,11,16H,2,7-10,12H2,1H3. The van der Waals surface area contributed by atoms with Gasteiger partial charge < -0.3 is 4.74 Å². The highest BCUT2D eigenvalue weighted by Crippen LogP contribution is 2.25. The van der Waals surface area contributed by atoms with Crippen LogP contribution >= 0.6 is 11.3 Å². The minimum absolute atomic E-state index is 0.266. The molecule has 0 amide bonds. The summed E-state index contributed by atoms with van der Waals surface area (Å²) in [5.74, 6) is 0.564. The molecule has 118 valence electrons. The number of aryl methyl sites for hydroxylation is 1. The van der Waals surface area contributed by atoms with Gasteiger partial charge in [0, 0.05) is 40.2 Å². The zero-order valence-electron chi connectivity index (χ0n) is 12.8. The summed E-state index contributed by atoms with van der Waals surface area (Å²) in [6.45, 7) is 3.63. The molecule has 1 aromatic heterocycles. The SMILES string of the molecule is CCc1ccc(-c2nc(CS(=O)C3CCOCC3)cs2)cc1. The van der Waals surface area contributed by atoms with Crippen molar-refractivity contribution >= 4 is 22.1 Å². The van der Waals surface area contributed by atoms with Crippen LogP contribution in [0.25, 0.3) is 10.6 Å². The van der Waals surface area contributed by atoms with Crippen LogP contribution in [0.4, 0.5) is 0 Å². The molecule has 0 aliphatic carbocycles. The highest BCUT2D eigenvalue weighted by molar-refractivity contribution is 7.84. The second kappa shape index (κ2) is 7.49. The third kappa shape index (κ3) is 3.83. The maximum absolute atomic E-state index is 12.4. The molecule has 0 spiro atoms. The van der Waals surface area contributed by atoms with E-state index in [0.29, 0.717) is 5.75 Å². The van der Waals surface area contributed by atoms with Crippen LogP contribution in [0.3, 0.4) is 0 Å². The van der Waals surface area contributed by atoms with E-state index < -0.39 is 10.8 Å². The summed E-state index contributed by atoms with van der Waals surface area (Å²) in [7, 11) is -0.841. The molecular formula is C17H21NO2S2. The minimum Gasteiger partial charge on any atom is -0.381 e. The Kier molecular flexibility index (Phi) is 5.39. The van der Waals surface area contributed by atoms with Gasteiger partial charge in [0.15, 0.2) is 0 Å². The van der Waals surface area contributed by atoms with E-state index in [4.69, 9.17) is 4.74 Å². The number of thiazole rings is 1. The molecule has 0 saturated carbocycles.